The number of nitrogens with one attached hydrogen (secondary N) is 1. The molecule has 1 saturated carbocycles. The molecule has 1 aliphatic carbocycles. The van der Waals surface area contributed by atoms with Crippen LogP contribution in [-0.4, -0.2) is 50.3 Å². The van der Waals surface area contributed by atoms with E-state index in [-0.39, 0.29) is 0 Å². The topological polar surface area (TPSA) is 24.5 Å². The number of nitrogens with zero attached hydrogens (tertiary/aromatic N) is 1. The van der Waals surface area contributed by atoms with Crippen molar-refractivity contribution in [2.45, 2.75) is 50.3 Å². The van der Waals surface area contributed by atoms with Crippen molar-refractivity contribution in [1.29, 1.82) is 0 Å². The first-order valence-electron chi connectivity index (χ1n) is 6.28. The zero-order chi connectivity index (χ0) is 10.7. The SMILES string of the molecule is COC1CCCCC1N(C)C1CCNC1. The molecule has 0 bridgehead atoms. The van der Waals surface area contributed by atoms with E-state index in [0.717, 1.165) is 12.6 Å². The smallest absolute Gasteiger partial charge is 0.0726 e. The van der Waals surface area contributed by atoms with Crippen LogP contribution in [0, 0.1) is 0 Å². The first kappa shape index (κ1) is 11.4. The van der Waals surface area contributed by atoms with Gasteiger partial charge in [0, 0.05) is 25.7 Å². The van der Waals surface area contributed by atoms with Crippen LogP contribution in [0.2, 0.25) is 0 Å². The van der Waals surface area contributed by atoms with Gasteiger partial charge in [0.2, 0.25) is 0 Å². The normalized spacial score (nSPS) is 37.4. The van der Waals surface area contributed by atoms with E-state index >= 15 is 0 Å². The molecule has 0 aromatic carbocycles. The fourth-order valence-electron chi connectivity index (χ4n) is 3.08. The van der Waals surface area contributed by atoms with Crippen LogP contribution < -0.4 is 5.32 Å². The molecule has 88 valence electrons. The quantitative estimate of drug-likeness (QED) is 0.762. The minimum absolute atomic E-state index is 0.462. The maximum Gasteiger partial charge on any atom is 0.0726 e. The van der Waals surface area contributed by atoms with Crippen molar-refractivity contribution in [2.24, 2.45) is 0 Å². The molecular weight excluding hydrogens is 188 g/mol. The van der Waals surface area contributed by atoms with E-state index < -0.39 is 0 Å². The monoisotopic (exact) mass is 212 g/mol. The van der Waals surface area contributed by atoms with Gasteiger partial charge in [-0.2, -0.15) is 0 Å². The Morgan fingerprint density at radius 1 is 1.20 bits per heavy atom. The first-order valence-corrected chi connectivity index (χ1v) is 6.28. The van der Waals surface area contributed by atoms with Gasteiger partial charge in [0.1, 0.15) is 0 Å². The van der Waals surface area contributed by atoms with Gasteiger partial charge in [-0.05, 0) is 32.9 Å². The predicted molar refractivity (Wildman–Crippen MR) is 62.1 cm³/mol. The fourth-order valence-corrected chi connectivity index (χ4v) is 3.08. The van der Waals surface area contributed by atoms with Crippen molar-refractivity contribution in [2.75, 3.05) is 27.2 Å². The molecule has 3 unspecified atom stereocenters. The molecular formula is C12H24N2O. The van der Waals surface area contributed by atoms with Gasteiger partial charge >= 0.3 is 0 Å². The highest BCUT2D eigenvalue weighted by Crippen LogP contribution is 2.26. The second-order valence-corrected chi connectivity index (χ2v) is 4.94. The molecule has 1 heterocycles. The molecule has 0 aromatic rings. The average molecular weight is 212 g/mol. The molecule has 2 fully saturated rings. The van der Waals surface area contributed by atoms with Gasteiger partial charge in [-0.15, -0.1) is 0 Å². The molecule has 2 rings (SSSR count). The van der Waals surface area contributed by atoms with Crippen molar-refractivity contribution >= 4 is 0 Å². The van der Waals surface area contributed by atoms with E-state index in [4.69, 9.17) is 4.74 Å². The van der Waals surface area contributed by atoms with E-state index in [2.05, 4.69) is 17.3 Å². The van der Waals surface area contributed by atoms with Gasteiger partial charge in [-0.25, -0.2) is 0 Å². The lowest BCUT2D eigenvalue weighted by Crippen LogP contribution is -2.49. The maximum atomic E-state index is 5.62. The van der Waals surface area contributed by atoms with Crippen LogP contribution in [0.1, 0.15) is 32.1 Å². The number of hydrogen-bond acceptors (Lipinski definition) is 3. The van der Waals surface area contributed by atoms with Crippen molar-refractivity contribution in [3.05, 3.63) is 0 Å². The van der Waals surface area contributed by atoms with Gasteiger partial charge in [-0.1, -0.05) is 12.8 Å². The Morgan fingerprint density at radius 2 is 2.00 bits per heavy atom. The number of methoxy groups -OCH3 is 1. The summed E-state index contributed by atoms with van der Waals surface area (Å²) in [6.07, 6.45) is 7.02. The summed E-state index contributed by atoms with van der Waals surface area (Å²) in [5.41, 5.74) is 0. The minimum Gasteiger partial charge on any atom is -0.380 e. The third kappa shape index (κ3) is 2.52. The fraction of sp³-hybridized carbons (Fsp3) is 1.00. The van der Waals surface area contributed by atoms with Crippen molar-refractivity contribution in [1.82, 2.24) is 10.2 Å². The van der Waals surface area contributed by atoms with Gasteiger partial charge in [0.15, 0.2) is 0 Å². The molecule has 1 saturated heterocycles. The first-order chi connectivity index (χ1) is 7.33. The summed E-state index contributed by atoms with van der Waals surface area (Å²) in [7, 11) is 4.14. The Bertz CT molecular complexity index is 192. The third-order valence-corrected chi connectivity index (χ3v) is 4.10. The van der Waals surface area contributed by atoms with Crippen LogP contribution in [0.5, 0.6) is 0 Å². The van der Waals surface area contributed by atoms with Crippen LogP contribution in [0.3, 0.4) is 0 Å². The van der Waals surface area contributed by atoms with E-state index in [9.17, 15) is 0 Å². The number of likely N-dealkylation sites (N-methyl/N-ethyl adjacent to an activating group) is 1. The number of hydrogen-bond donors (Lipinski definition) is 1. The highest BCUT2D eigenvalue weighted by atomic mass is 16.5. The van der Waals surface area contributed by atoms with Crippen molar-refractivity contribution in [3.63, 3.8) is 0 Å². The zero-order valence-electron chi connectivity index (χ0n) is 10.0. The Kier molecular flexibility index (Phi) is 4.00. The van der Waals surface area contributed by atoms with E-state index in [1.807, 2.05) is 7.11 Å². The van der Waals surface area contributed by atoms with Crippen molar-refractivity contribution in [3.8, 4) is 0 Å². The van der Waals surface area contributed by atoms with Crippen LogP contribution in [0.25, 0.3) is 0 Å². The summed E-state index contributed by atoms with van der Waals surface area (Å²) in [5, 5.41) is 3.44. The molecule has 0 aromatic heterocycles. The van der Waals surface area contributed by atoms with Gasteiger partial charge in [0.05, 0.1) is 6.10 Å². The lowest BCUT2D eigenvalue weighted by molar-refractivity contribution is -0.0136. The highest BCUT2D eigenvalue weighted by molar-refractivity contribution is 4.89. The summed E-state index contributed by atoms with van der Waals surface area (Å²) in [5.74, 6) is 0. The molecule has 0 amide bonds. The van der Waals surface area contributed by atoms with Gasteiger partial charge < -0.3 is 10.1 Å². The lowest BCUT2D eigenvalue weighted by atomic mass is 9.90. The number of rotatable bonds is 3. The molecule has 0 spiro atoms. The molecule has 3 heteroatoms. The van der Waals surface area contributed by atoms with E-state index in [0.29, 0.717) is 12.1 Å². The maximum absolute atomic E-state index is 5.62. The summed E-state index contributed by atoms with van der Waals surface area (Å²) >= 11 is 0. The van der Waals surface area contributed by atoms with Crippen LogP contribution in [0.15, 0.2) is 0 Å². The predicted octanol–water partition coefficient (Wildman–Crippen LogP) is 1.24. The second-order valence-electron chi connectivity index (χ2n) is 4.94. The molecule has 1 N–H and O–H groups in total. The molecule has 1 aliphatic heterocycles. The summed E-state index contributed by atoms with van der Waals surface area (Å²) in [4.78, 5) is 2.56. The minimum atomic E-state index is 0.462. The largest absolute Gasteiger partial charge is 0.380 e. The molecule has 15 heavy (non-hydrogen) atoms. The van der Waals surface area contributed by atoms with Gasteiger partial charge in [-0.3, -0.25) is 4.90 Å². The standard InChI is InChI=1S/C12H24N2O/c1-14(10-7-8-13-9-10)11-5-3-4-6-12(11)15-2/h10-13H,3-9H2,1-2H3. The van der Waals surface area contributed by atoms with E-state index in [1.54, 1.807) is 0 Å². The Hall–Kier alpha value is -0.120. The average Bonchev–Trinajstić information content (AvgIpc) is 2.81. The Morgan fingerprint density at radius 3 is 2.67 bits per heavy atom. The highest BCUT2D eigenvalue weighted by Gasteiger charge is 2.32. The van der Waals surface area contributed by atoms with E-state index in [1.165, 1.54) is 38.6 Å². The third-order valence-electron chi connectivity index (χ3n) is 4.10. The second kappa shape index (κ2) is 5.28. The summed E-state index contributed by atoms with van der Waals surface area (Å²) in [6, 6.07) is 1.37. The Balaban J connectivity index is 1.93. The molecule has 3 atom stereocenters. The molecule has 2 aliphatic rings. The Labute approximate surface area is 93.2 Å². The molecule has 0 radical (unpaired) electrons. The molecule has 3 nitrogen and oxygen atoms in total. The van der Waals surface area contributed by atoms with Gasteiger partial charge in [0.25, 0.3) is 0 Å². The van der Waals surface area contributed by atoms with Crippen LogP contribution in [0.4, 0.5) is 0 Å². The van der Waals surface area contributed by atoms with Crippen molar-refractivity contribution < 1.29 is 4.74 Å². The number of ether oxygens (including phenoxy) is 1. The zero-order valence-corrected chi connectivity index (χ0v) is 10.0. The summed E-state index contributed by atoms with van der Waals surface area (Å²) < 4.78 is 5.62. The van der Waals surface area contributed by atoms with Crippen LogP contribution >= 0.6 is 0 Å². The van der Waals surface area contributed by atoms with Crippen LogP contribution in [-0.2, 0) is 4.74 Å². The summed E-state index contributed by atoms with van der Waals surface area (Å²) in [6.45, 7) is 2.34. The lowest BCUT2D eigenvalue weighted by Gasteiger charge is -2.40.